The Labute approximate surface area is 229 Å². The summed E-state index contributed by atoms with van der Waals surface area (Å²) in [6.07, 6.45) is -5.79. The highest BCUT2D eigenvalue weighted by atomic mass is 32.2. The van der Waals surface area contributed by atoms with E-state index in [0.717, 1.165) is 12.1 Å². The number of benzene rings is 2. The standard InChI is InChI=1S/C25H31F3N4O7S/c1-18(15-29-20-7-9-21(10-8-20)38-25(26,27)28)30-23(33)22(31-24(34)39-32-11-13-37-14-12-32)17-40(35,36)16-19-5-3-2-4-6-19/h2-10,18,22,29H,11-17H2,1H3,(H,30,33)(H,31,34)/t18-,22-/m0/s1. The first kappa shape index (κ1) is 31.0. The summed E-state index contributed by atoms with van der Waals surface area (Å²) < 4.78 is 71.8. The van der Waals surface area contributed by atoms with Crippen molar-refractivity contribution in [2.24, 2.45) is 0 Å². The third-order valence-corrected chi connectivity index (χ3v) is 7.14. The highest BCUT2D eigenvalue weighted by molar-refractivity contribution is 7.90. The fourth-order valence-corrected chi connectivity index (χ4v) is 5.25. The van der Waals surface area contributed by atoms with Crippen LogP contribution in [0.1, 0.15) is 12.5 Å². The molecule has 2 aromatic rings. The maximum atomic E-state index is 13.1. The van der Waals surface area contributed by atoms with E-state index >= 15 is 0 Å². The van der Waals surface area contributed by atoms with Crippen molar-refractivity contribution in [1.29, 1.82) is 0 Å². The minimum Gasteiger partial charge on any atom is -0.406 e. The predicted molar refractivity (Wildman–Crippen MR) is 139 cm³/mol. The van der Waals surface area contributed by atoms with E-state index < -0.39 is 46.0 Å². The number of hydroxylamine groups is 2. The zero-order valence-electron chi connectivity index (χ0n) is 21.6. The summed E-state index contributed by atoms with van der Waals surface area (Å²) in [6, 6.07) is 11.4. The van der Waals surface area contributed by atoms with Crippen LogP contribution in [0.2, 0.25) is 0 Å². The fraction of sp³-hybridized carbons (Fsp3) is 0.440. The molecule has 3 rings (SSSR count). The number of halogens is 3. The van der Waals surface area contributed by atoms with Crippen LogP contribution in [0.3, 0.4) is 0 Å². The Morgan fingerprint density at radius 3 is 2.30 bits per heavy atom. The van der Waals surface area contributed by atoms with Crippen LogP contribution in [0.25, 0.3) is 0 Å². The maximum Gasteiger partial charge on any atom is 0.573 e. The second-order valence-corrected chi connectivity index (χ2v) is 11.1. The van der Waals surface area contributed by atoms with Crippen LogP contribution in [0.4, 0.5) is 23.7 Å². The summed E-state index contributed by atoms with van der Waals surface area (Å²) in [6.45, 7) is 3.13. The second-order valence-electron chi connectivity index (χ2n) is 9.02. The van der Waals surface area contributed by atoms with Crippen molar-refractivity contribution >= 4 is 27.5 Å². The van der Waals surface area contributed by atoms with E-state index in [4.69, 9.17) is 9.57 Å². The van der Waals surface area contributed by atoms with Gasteiger partial charge < -0.3 is 30.3 Å². The van der Waals surface area contributed by atoms with E-state index in [2.05, 4.69) is 20.7 Å². The van der Waals surface area contributed by atoms with Crippen LogP contribution in [0, 0.1) is 0 Å². The van der Waals surface area contributed by atoms with Crippen molar-refractivity contribution in [1.82, 2.24) is 15.7 Å². The Morgan fingerprint density at radius 1 is 1.02 bits per heavy atom. The lowest BCUT2D eigenvalue weighted by molar-refractivity contribution is -0.274. The van der Waals surface area contributed by atoms with Gasteiger partial charge >= 0.3 is 12.5 Å². The summed E-state index contributed by atoms with van der Waals surface area (Å²) in [7, 11) is -3.84. The molecule has 0 radical (unpaired) electrons. The van der Waals surface area contributed by atoms with E-state index in [0.29, 0.717) is 37.6 Å². The molecule has 0 spiro atoms. The van der Waals surface area contributed by atoms with Gasteiger partial charge in [0.1, 0.15) is 11.8 Å². The van der Waals surface area contributed by atoms with Gasteiger partial charge in [0.2, 0.25) is 5.91 Å². The number of hydrogen-bond acceptors (Lipinski definition) is 9. The quantitative estimate of drug-likeness (QED) is 0.342. The highest BCUT2D eigenvalue weighted by Crippen LogP contribution is 2.24. The molecule has 220 valence electrons. The van der Waals surface area contributed by atoms with Crippen LogP contribution in [0.5, 0.6) is 5.75 Å². The molecule has 2 aromatic carbocycles. The maximum absolute atomic E-state index is 13.1. The summed E-state index contributed by atoms with van der Waals surface area (Å²) in [5, 5.41) is 9.30. The van der Waals surface area contributed by atoms with Crippen molar-refractivity contribution in [3.63, 3.8) is 0 Å². The third-order valence-electron chi connectivity index (χ3n) is 5.53. The molecule has 0 bridgehead atoms. The normalized spacial score (nSPS) is 15.9. The minimum absolute atomic E-state index is 0.146. The van der Waals surface area contributed by atoms with Gasteiger partial charge in [0.15, 0.2) is 9.84 Å². The van der Waals surface area contributed by atoms with Crippen LogP contribution in [0.15, 0.2) is 54.6 Å². The minimum atomic E-state index is -4.80. The number of nitrogens with zero attached hydrogens (tertiary/aromatic N) is 1. The molecule has 3 N–H and O–H groups in total. The monoisotopic (exact) mass is 588 g/mol. The van der Waals surface area contributed by atoms with Crippen LogP contribution in [-0.2, 0) is 30.0 Å². The predicted octanol–water partition coefficient (Wildman–Crippen LogP) is 2.46. The van der Waals surface area contributed by atoms with Gasteiger partial charge in [0.05, 0.1) is 37.8 Å². The van der Waals surface area contributed by atoms with Crippen LogP contribution >= 0.6 is 0 Å². The Bertz CT molecular complexity index is 1210. The summed E-state index contributed by atoms with van der Waals surface area (Å²) >= 11 is 0. The lowest BCUT2D eigenvalue weighted by Crippen LogP contribution is -2.54. The van der Waals surface area contributed by atoms with Gasteiger partial charge in [-0.1, -0.05) is 30.3 Å². The molecule has 1 fully saturated rings. The Kier molecular flexibility index (Phi) is 11.0. The van der Waals surface area contributed by atoms with Crippen LogP contribution < -0.4 is 20.7 Å². The molecule has 2 atom stereocenters. The topological polar surface area (TPSA) is 135 Å². The molecule has 1 aliphatic heterocycles. The molecule has 0 aromatic heterocycles. The third kappa shape index (κ3) is 11.3. The number of nitrogens with one attached hydrogen (secondary N) is 3. The van der Waals surface area contributed by atoms with Gasteiger partial charge in [0.25, 0.3) is 0 Å². The molecule has 15 heteroatoms. The number of ether oxygens (including phenoxy) is 2. The van der Waals surface area contributed by atoms with Crippen molar-refractivity contribution in [3.8, 4) is 5.75 Å². The molecule has 40 heavy (non-hydrogen) atoms. The lowest BCUT2D eigenvalue weighted by Gasteiger charge is -2.26. The first-order chi connectivity index (χ1) is 18.9. The van der Waals surface area contributed by atoms with E-state index in [1.807, 2.05) is 0 Å². The first-order valence-electron chi connectivity index (χ1n) is 12.3. The number of amides is 2. The van der Waals surface area contributed by atoms with Gasteiger partial charge in [-0.05, 0) is 36.8 Å². The van der Waals surface area contributed by atoms with Crippen molar-refractivity contribution in [3.05, 3.63) is 60.2 Å². The molecule has 0 unspecified atom stereocenters. The SMILES string of the molecule is C[C@@H](CNc1ccc(OC(F)(F)F)cc1)NC(=O)[C@H](CS(=O)(=O)Cc1ccccc1)NC(=O)ON1CCOCC1. The summed E-state index contributed by atoms with van der Waals surface area (Å²) in [4.78, 5) is 30.8. The number of hydrogen-bond donors (Lipinski definition) is 3. The average molecular weight is 589 g/mol. The number of alkyl halides is 3. The number of rotatable bonds is 12. The fourth-order valence-electron chi connectivity index (χ4n) is 3.69. The van der Waals surface area contributed by atoms with Crippen molar-refractivity contribution < 1.29 is 45.5 Å². The molecular formula is C25H31F3N4O7S. The van der Waals surface area contributed by atoms with Crippen LogP contribution in [-0.4, -0.2) is 82.5 Å². The number of anilines is 1. The molecular weight excluding hydrogens is 557 g/mol. The molecule has 1 aliphatic rings. The summed E-state index contributed by atoms with van der Waals surface area (Å²) in [5.74, 6) is -2.14. The number of sulfone groups is 1. The Morgan fingerprint density at radius 2 is 1.68 bits per heavy atom. The van der Waals surface area contributed by atoms with Crippen molar-refractivity contribution in [2.45, 2.75) is 31.1 Å². The molecule has 0 saturated carbocycles. The molecule has 11 nitrogen and oxygen atoms in total. The van der Waals surface area contributed by atoms with Crippen molar-refractivity contribution in [2.75, 3.05) is 43.9 Å². The zero-order chi connectivity index (χ0) is 29.2. The van der Waals surface area contributed by atoms with E-state index in [1.165, 1.54) is 17.2 Å². The molecule has 0 aliphatic carbocycles. The average Bonchev–Trinajstić information content (AvgIpc) is 2.87. The molecule has 2 amide bonds. The smallest absolute Gasteiger partial charge is 0.406 e. The lowest BCUT2D eigenvalue weighted by atomic mass is 10.2. The van der Waals surface area contributed by atoms with E-state index in [1.54, 1.807) is 37.3 Å². The van der Waals surface area contributed by atoms with E-state index in [-0.39, 0.29) is 18.0 Å². The first-order valence-corrected chi connectivity index (χ1v) is 14.2. The van der Waals surface area contributed by atoms with Gasteiger partial charge in [-0.2, -0.15) is 0 Å². The molecule has 1 heterocycles. The number of carbonyl (C=O) groups excluding carboxylic acids is 2. The highest BCUT2D eigenvalue weighted by Gasteiger charge is 2.31. The van der Waals surface area contributed by atoms with E-state index in [9.17, 15) is 31.2 Å². The van der Waals surface area contributed by atoms with Gasteiger partial charge in [0, 0.05) is 18.3 Å². The van der Waals surface area contributed by atoms with Gasteiger partial charge in [-0.25, -0.2) is 13.2 Å². The summed E-state index contributed by atoms with van der Waals surface area (Å²) in [5.41, 5.74) is 0.992. The second kappa shape index (κ2) is 14.2. The van der Waals surface area contributed by atoms with Gasteiger partial charge in [-0.3, -0.25) is 4.79 Å². The number of carbonyl (C=O) groups is 2. The van der Waals surface area contributed by atoms with Gasteiger partial charge in [-0.15, -0.1) is 18.2 Å². The largest absolute Gasteiger partial charge is 0.573 e. The molecule has 1 saturated heterocycles. The Hall–Kier alpha value is -3.56. The Balaban J connectivity index is 1.60. The zero-order valence-corrected chi connectivity index (χ0v) is 22.5. The number of morpholine rings is 1.